The monoisotopic (exact) mass is 317 g/mol. The first-order chi connectivity index (χ1) is 10.8. The molecule has 1 atom stereocenters. The van der Waals surface area contributed by atoms with Gasteiger partial charge in [0.1, 0.15) is 6.07 Å². The van der Waals surface area contributed by atoms with Crippen LogP contribution >= 0.6 is 11.6 Å². The van der Waals surface area contributed by atoms with Gasteiger partial charge < -0.3 is 10.2 Å². The van der Waals surface area contributed by atoms with E-state index in [1.807, 2.05) is 12.1 Å². The number of hydrogen-bond acceptors (Lipinski definition) is 3. The van der Waals surface area contributed by atoms with E-state index in [1.165, 1.54) is 44.2 Å². The predicted octanol–water partition coefficient (Wildman–Crippen LogP) is 3.96. The van der Waals surface area contributed by atoms with Crippen molar-refractivity contribution < 1.29 is 0 Å². The number of benzene rings is 1. The van der Waals surface area contributed by atoms with Crippen LogP contribution in [0.25, 0.3) is 0 Å². The molecule has 1 aliphatic carbocycles. The molecule has 2 fully saturated rings. The first kappa shape index (κ1) is 15.6. The lowest BCUT2D eigenvalue weighted by Gasteiger charge is -2.35. The van der Waals surface area contributed by atoms with Gasteiger partial charge in [0, 0.05) is 24.8 Å². The second-order valence-electron chi connectivity index (χ2n) is 6.58. The molecular weight excluding hydrogens is 294 g/mol. The molecule has 0 bridgehead atoms. The predicted molar refractivity (Wildman–Crippen MR) is 91.4 cm³/mol. The van der Waals surface area contributed by atoms with E-state index in [-0.39, 0.29) is 0 Å². The fraction of sp³-hybridized carbons (Fsp3) is 0.611. The van der Waals surface area contributed by atoms with E-state index in [0.29, 0.717) is 16.6 Å². The van der Waals surface area contributed by atoms with E-state index in [2.05, 4.69) is 22.4 Å². The van der Waals surface area contributed by atoms with E-state index in [1.54, 1.807) is 0 Å². The topological polar surface area (TPSA) is 39.1 Å². The molecule has 0 spiro atoms. The quantitative estimate of drug-likeness (QED) is 0.913. The second kappa shape index (κ2) is 7.35. The van der Waals surface area contributed by atoms with Gasteiger partial charge in [-0.3, -0.25) is 0 Å². The number of nitriles is 1. The Kier molecular flexibility index (Phi) is 5.23. The van der Waals surface area contributed by atoms with Crippen LogP contribution in [0.5, 0.6) is 0 Å². The van der Waals surface area contributed by atoms with Crippen LogP contribution in [0.1, 0.15) is 44.1 Å². The highest BCUT2D eigenvalue weighted by molar-refractivity contribution is 6.32. The first-order valence-corrected chi connectivity index (χ1v) is 8.82. The molecular formula is C18H24ClN3. The number of anilines is 1. The van der Waals surface area contributed by atoms with E-state index in [4.69, 9.17) is 16.9 Å². The van der Waals surface area contributed by atoms with Crippen LogP contribution in [-0.2, 0) is 0 Å². The molecule has 2 aliphatic rings. The zero-order valence-corrected chi connectivity index (χ0v) is 13.8. The minimum absolute atomic E-state index is 0.547. The summed E-state index contributed by atoms with van der Waals surface area (Å²) < 4.78 is 0. The molecule has 1 aliphatic heterocycles. The Morgan fingerprint density at radius 2 is 2.05 bits per heavy atom. The molecule has 3 nitrogen and oxygen atoms in total. The van der Waals surface area contributed by atoms with E-state index < -0.39 is 0 Å². The molecule has 0 aromatic heterocycles. The average Bonchev–Trinajstić information content (AvgIpc) is 3.08. The Bertz CT molecular complexity index is 540. The smallest absolute Gasteiger partial charge is 0.101 e. The fourth-order valence-electron chi connectivity index (χ4n) is 3.79. The molecule has 4 heteroatoms. The summed E-state index contributed by atoms with van der Waals surface area (Å²) in [7, 11) is 0. The van der Waals surface area contributed by atoms with Crippen molar-refractivity contribution in [2.75, 3.05) is 24.5 Å². The highest BCUT2D eigenvalue weighted by Crippen LogP contribution is 2.30. The summed E-state index contributed by atoms with van der Waals surface area (Å²) in [4.78, 5) is 2.53. The van der Waals surface area contributed by atoms with Crippen LogP contribution in [0, 0.1) is 17.2 Å². The first-order valence-electron chi connectivity index (χ1n) is 8.45. The summed E-state index contributed by atoms with van der Waals surface area (Å²) in [5, 5.41) is 13.1. The normalized spacial score (nSPS) is 22.5. The minimum Gasteiger partial charge on any atom is -0.367 e. The molecule has 22 heavy (non-hydrogen) atoms. The highest BCUT2D eigenvalue weighted by Gasteiger charge is 2.26. The third-order valence-corrected chi connectivity index (χ3v) is 5.37. The third kappa shape index (κ3) is 3.56. The molecule has 118 valence electrons. The lowest BCUT2D eigenvalue weighted by molar-refractivity contribution is 0.351. The molecule has 3 rings (SSSR count). The van der Waals surface area contributed by atoms with Gasteiger partial charge in [0.15, 0.2) is 0 Å². The number of halogens is 1. The fourth-order valence-corrected chi connectivity index (χ4v) is 4.01. The van der Waals surface area contributed by atoms with Gasteiger partial charge in [0.25, 0.3) is 0 Å². The number of hydrogen-bond donors (Lipinski definition) is 1. The molecule has 1 saturated heterocycles. The van der Waals surface area contributed by atoms with Crippen molar-refractivity contribution in [3.63, 3.8) is 0 Å². The van der Waals surface area contributed by atoms with Crippen LogP contribution in [0.4, 0.5) is 5.69 Å². The molecule has 0 unspecified atom stereocenters. The zero-order chi connectivity index (χ0) is 15.4. The van der Waals surface area contributed by atoms with Gasteiger partial charge in [0.05, 0.1) is 10.6 Å². The van der Waals surface area contributed by atoms with Crippen LogP contribution in [-0.4, -0.2) is 25.7 Å². The molecule has 1 heterocycles. The summed E-state index contributed by atoms with van der Waals surface area (Å²) >= 11 is 6.26. The Balaban J connectivity index is 1.80. The molecule has 1 saturated carbocycles. The molecule has 1 aromatic carbocycles. The summed E-state index contributed by atoms with van der Waals surface area (Å²) in [6.07, 6.45) is 8.01. The van der Waals surface area contributed by atoms with Gasteiger partial charge in [-0.05, 0) is 49.9 Å². The van der Waals surface area contributed by atoms with Gasteiger partial charge in [-0.15, -0.1) is 0 Å². The van der Waals surface area contributed by atoms with Crippen LogP contribution in [0.15, 0.2) is 18.2 Å². The van der Waals surface area contributed by atoms with Crippen molar-refractivity contribution in [1.29, 1.82) is 5.26 Å². The Labute approximate surface area is 138 Å². The van der Waals surface area contributed by atoms with E-state index in [0.717, 1.165) is 25.6 Å². The molecule has 0 radical (unpaired) electrons. The minimum atomic E-state index is 0.547. The lowest BCUT2D eigenvalue weighted by Crippen LogP contribution is -2.40. The number of nitrogens with zero attached hydrogens (tertiary/aromatic N) is 2. The standard InChI is InChI=1S/C18H24ClN3/c19-18-10-16(7-6-15(18)11-20)22(17-8-9-21-12-17)13-14-4-2-1-3-5-14/h6-7,10,14,17,21H,1-5,8-9,12-13H2/t17-/m0/s1. The van der Waals surface area contributed by atoms with Crippen molar-refractivity contribution >= 4 is 17.3 Å². The summed E-state index contributed by atoms with van der Waals surface area (Å²) in [5.41, 5.74) is 1.73. The van der Waals surface area contributed by atoms with Gasteiger partial charge in [-0.2, -0.15) is 5.26 Å². The third-order valence-electron chi connectivity index (χ3n) is 5.06. The van der Waals surface area contributed by atoms with Crippen molar-refractivity contribution in [1.82, 2.24) is 5.32 Å². The lowest BCUT2D eigenvalue weighted by atomic mass is 9.88. The van der Waals surface area contributed by atoms with Crippen molar-refractivity contribution in [3.8, 4) is 6.07 Å². The zero-order valence-electron chi connectivity index (χ0n) is 13.0. The Hall–Kier alpha value is -1.24. The van der Waals surface area contributed by atoms with Gasteiger partial charge in [0.2, 0.25) is 0 Å². The van der Waals surface area contributed by atoms with Gasteiger partial charge in [-0.25, -0.2) is 0 Å². The van der Waals surface area contributed by atoms with Crippen molar-refractivity contribution in [2.24, 2.45) is 5.92 Å². The van der Waals surface area contributed by atoms with E-state index in [9.17, 15) is 0 Å². The molecule has 0 amide bonds. The van der Waals surface area contributed by atoms with Gasteiger partial charge >= 0.3 is 0 Å². The number of rotatable bonds is 4. The van der Waals surface area contributed by atoms with Crippen LogP contribution in [0.2, 0.25) is 5.02 Å². The molecule has 1 N–H and O–H groups in total. The molecule has 1 aromatic rings. The van der Waals surface area contributed by atoms with E-state index >= 15 is 0 Å². The average molecular weight is 318 g/mol. The van der Waals surface area contributed by atoms with Crippen LogP contribution in [0.3, 0.4) is 0 Å². The second-order valence-corrected chi connectivity index (χ2v) is 6.99. The van der Waals surface area contributed by atoms with Crippen molar-refractivity contribution in [3.05, 3.63) is 28.8 Å². The maximum atomic E-state index is 9.06. The van der Waals surface area contributed by atoms with Gasteiger partial charge in [-0.1, -0.05) is 30.9 Å². The Morgan fingerprint density at radius 3 is 2.68 bits per heavy atom. The Morgan fingerprint density at radius 1 is 1.23 bits per heavy atom. The number of nitrogens with one attached hydrogen (secondary N) is 1. The summed E-state index contributed by atoms with van der Waals surface area (Å²) in [5.74, 6) is 0.795. The van der Waals surface area contributed by atoms with Crippen molar-refractivity contribution in [2.45, 2.75) is 44.6 Å². The maximum absolute atomic E-state index is 9.06. The summed E-state index contributed by atoms with van der Waals surface area (Å²) in [6, 6.07) is 8.59. The van der Waals surface area contributed by atoms with Crippen LogP contribution < -0.4 is 10.2 Å². The summed E-state index contributed by atoms with van der Waals surface area (Å²) in [6.45, 7) is 3.26. The maximum Gasteiger partial charge on any atom is 0.101 e. The highest BCUT2D eigenvalue weighted by atomic mass is 35.5. The largest absolute Gasteiger partial charge is 0.367 e. The SMILES string of the molecule is N#Cc1ccc(N(CC2CCCCC2)[C@H]2CCNC2)cc1Cl.